The molecule has 0 aliphatic heterocycles. The second-order valence-corrected chi connectivity index (χ2v) is 5.70. The molecule has 1 aromatic carbocycles. The molecule has 7 heteroatoms. The number of para-hydroxylation sites is 1. The van der Waals surface area contributed by atoms with Crippen LogP contribution in [0.25, 0.3) is 11.1 Å². The molecule has 0 aliphatic rings. The zero-order valence-corrected chi connectivity index (χ0v) is 13.6. The van der Waals surface area contributed by atoms with E-state index < -0.39 is 4.92 Å². The molecule has 1 heterocycles. The molecule has 0 amide bonds. The van der Waals surface area contributed by atoms with Gasteiger partial charge in [-0.25, -0.2) is 0 Å². The number of hydrogen-bond donors (Lipinski definition) is 3. The maximum atomic E-state index is 12.1. The van der Waals surface area contributed by atoms with Gasteiger partial charge in [-0.2, -0.15) is 0 Å². The van der Waals surface area contributed by atoms with Crippen molar-refractivity contribution in [1.82, 2.24) is 4.98 Å². The number of unbranched alkanes of at least 4 members (excludes halogenated alkanes) is 1. The van der Waals surface area contributed by atoms with Crippen LogP contribution in [0.2, 0.25) is 0 Å². The Balaban J connectivity index is 2.41. The van der Waals surface area contributed by atoms with Crippen LogP contribution in [0.1, 0.15) is 26.2 Å². The number of aromatic nitrogens is 1. The second-order valence-electron chi connectivity index (χ2n) is 5.70. The summed E-state index contributed by atoms with van der Waals surface area (Å²) in [5.74, 6) is 0. The van der Waals surface area contributed by atoms with Crippen LogP contribution in [0.5, 0.6) is 0 Å². The van der Waals surface area contributed by atoms with Gasteiger partial charge < -0.3 is 16.0 Å². The van der Waals surface area contributed by atoms with Crippen molar-refractivity contribution in [2.45, 2.75) is 32.2 Å². The average Bonchev–Trinajstić information content (AvgIpc) is 2.56. The minimum Gasteiger partial charge on any atom is -0.377 e. The third kappa shape index (κ3) is 4.20. The van der Waals surface area contributed by atoms with Crippen molar-refractivity contribution < 1.29 is 4.92 Å². The summed E-state index contributed by atoms with van der Waals surface area (Å²) in [6, 6.07) is 8.12. The molecule has 0 saturated heterocycles. The van der Waals surface area contributed by atoms with Gasteiger partial charge in [0.25, 0.3) is 11.2 Å². The molecule has 0 spiro atoms. The number of rotatable bonds is 8. The number of nitrogens with one attached hydrogen (secondary N) is 2. The quantitative estimate of drug-likeness (QED) is 0.391. The van der Waals surface area contributed by atoms with Crippen LogP contribution in [0.4, 0.5) is 11.4 Å². The maximum absolute atomic E-state index is 12.1. The van der Waals surface area contributed by atoms with E-state index in [4.69, 9.17) is 5.73 Å². The monoisotopic (exact) mass is 330 g/mol. The predicted octanol–water partition coefficient (Wildman–Crippen LogP) is 2.88. The molecule has 0 saturated carbocycles. The molecular weight excluding hydrogens is 308 g/mol. The summed E-state index contributed by atoms with van der Waals surface area (Å²) in [5, 5.41) is 14.6. The number of anilines is 1. The summed E-state index contributed by atoms with van der Waals surface area (Å²) in [4.78, 5) is 25.6. The predicted molar refractivity (Wildman–Crippen MR) is 95.1 cm³/mol. The standard InChI is InChI=1S/C17H22N4O3/c1-12(6-2-3-10-18)20-16-13(7-4-9-15(16)21(23)24)14-8-5-11-19-17(14)22/h4-5,7-9,11-12,20H,2-3,6,10,18H2,1H3,(H,19,22). The van der Waals surface area contributed by atoms with Gasteiger partial charge in [-0.1, -0.05) is 18.6 Å². The van der Waals surface area contributed by atoms with Crippen molar-refractivity contribution in [3.8, 4) is 11.1 Å². The number of aromatic amines is 1. The lowest BCUT2D eigenvalue weighted by Gasteiger charge is -2.18. The molecule has 0 aliphatic carbocycles. The van der Waals surface area contributed by atoms with Crippen molar-refractivity contribution in [3.63, 3.8) is 0 Å². The molecule has 128 valence electrons. The van der Waals surface area contributed by atoms with Crippen LogP contribution < -0.4 is 16.6 Å². The lowest BCUT2D eigenvalue weighted by Crippen LogP contribution is -2.18. The van der Waals surface area contributed by atoms with Gasteiger partial charge >= 0.3 is 0 Å². The molecule has 0 radical (unpaired) electrons. The van der Waals surface area contributed by atoms with Crippen LogP contribution in [0, 0.1) is 10.1 Å². The lowest BCUT2D eigenvalue weighted by atomic mass is 10.0. The highest BCUT2D eigenvalue weighted by Crippen LogP contribution is 2.35. The van der Waals surface area contributed by atoms with Gasteiger partial charge in [0, 0.05) is 29.4 Å². The smallest absolute Gasteiger partial charge is 0.292 e. The zero-order chi connectivity index (χ0) is 17.5. The Morgan fingerprint density at radius 2 is 2.00 bits per heavy atom. The largest absolute Gasteiger partial charge is 0.377 e. The van der Waals surface area contributed by atoms with E-state index in [9.17, 15) is 14.9 Å². The van der Waals surface area contributed by atoms with Gasteiger partial charge in [0.15, 0.2) is 0 Å². The number of nitro benzene ring substituents is 1. The summed E-state index contributed by atoms with van der Waals surface area (Å²) in [5.41, 5.74) is 6.48. The molecular formula is C17H22N4O3. The van der Waals surface area contributed by atoms with Gasteiger partial charge in [0.1, 0.15) is 5.69 Å². The topological polar surface area (TPSA) is 114 Å². The van der Waals surface area contributed by atoms with Crippen LogP contribution >= 0.6 is 0 Å². The highest BCUT2D eigenvalue weighted by molar-refractivity contribution is 5.84. The molecule has 2 rings (SSSR count). The van der Waals surface area contributed by atoms with E-state index in [1.165, 1.54) is 12.3 Å². The SMILES string of the molecule is CC(CCCCN)Nc1c(-c2ccc[nH]c2=O)cccc1[N+](=O)[O-]. The highest BCUT2D eigenvalue weighted by Gasteiger charge is 2.21. The van der Waals surface area contributed by atoms with E-state index in [2.05, 4.69) is 10.3 Å². The molecule has 4 N–H and O–H groups in total. The van der Waals surface area contributed by atoms with Crippen LogP contribution in [-0.2, 0) is 0 Å². The summed E-state index contributed by atoms with van der Waals surface area (Å²) < 4.78 is 0. The number of nitro groups is 1. The van der Waals surface area contributed by atoms with Crippen LogP contribution in [0.3, 0.4) is 0 Å². The Kier molecular flexibility index (Phi) is 6.08. The number of nitrogens with zero attached hydrogens (tertiary/aromatic N) is 1. The Bertz CT molecular complexity index is 757. The van der Waals surface area contributed by atoms with E-state index in [1.807, 2.05) is 6.92 Å². The summed E-state index contributed by atoms with van der Waals surface area (Å²) in [6.07, 6.45) is 4.22. The van der Waals surface area contributed by atoms with E-state index in [1.54, 1.807) is 24.3 Å². The lowest BCUT2D eigenvalue weighted by molar-refractivity contribution is -0.383. The van der Waals surface area contributed by atoms with E-state index in [-0.39, 0.29) is 17.3 Å². The maximum Gasteiger partial charge on any atom is 0.292 e. The summed E-state index contributed by atoms with van der Waals surface area (Å²) in [6.45, 7) is 2.59. The van der Waals surface area contributed by atoms with E-state index in [0.717, 1.165) is 19.3 Å². The van der Waals surface area contributed by atoms with Crippen molar-refractivity contribution >= 4 is 11.4 Å². The highest BCUT2D eigenvalue weighted by atomic mass is 16.6. The van der Waals surface area contributed by atoms with Crippen LogP contribution in [0.15, 0.2) is 41.3 Å². The number of benzene rings is 1. The minimum absolute atomic E-state index is 0.0270. The fourth-order valence-corrected chi connectivity index (χ4v) is 2.62. The normalized spacial score (nSPS) is 11.9. The van der Waals surface area contributed by atoms with Gasteiger partial charge in [-0.15, -0.1) is 0 Å². The number of nitrogens with two attached hydrogens (primary N) is 1. The molecule has 24 heavy (non-hydrogen) atoms. The van der Waals surface area contributed by atoms with Gasteiger partial charge in [-0.3, -0.25) is 14.9 Å². The Morgan fingerprint density at radius 1 is 1.25 bits per heavy atom. The van der Waals surface area contributed by atoms with Gasteiger partial charge in [-0.05, 0) is 38.4 Å². The average molecular weight is 330 g/mol. The second kappa shape index (κ2) is 8.26. The van der Waals surface area contributed by atoms with Crippen molar-refractivity contribution in [2.75, 3.05) is 11.9 Å². The summed E-state index contributed by atoms with van der Waals surface area (Å²) >= 11 is 0. The van der Waals surface area contributed by atoms with Gasteiger partial charge in [0.05, 0.1) is 4.92 Å². The Morgan fingerprint density at radius 3 is 2.67 bits per heavy atom. The molecule has 1 atom stereocenters. The van der Waals surface area contributed by atoms with E-state index >= 15 is 0 Å². The number of pyridine rings is 1. The van der Waals surface area contributed by atoms with Crippen molar-refractivity contribution in [3.05, 3.63) is 57.0 Å². The van der Waals surface area contributed by atoms with Crippen molar-refractivity contribution in [2.24, 2.45) is 5.73 Å². The molecule has 2 aromatic rings. The molecule has 0 fully saturated rings. The minimum atomic E-state index is -0.435. The number of hydrogen-bond acceptors (Lipinski definition) is 5. The number of H-pyrrole nitrogens is 1. The Labute approximate surface area is 140 Å². The third-order valence-corrected chi connectivity index (χ3v) is 3.83. The van der Waals surface area contributed by atoms with Crippen LogP contribution in [-0.4, -0.2) is 22.5 Å². The summed E-state index contributed by atoms with van der Waals surface area (Å²) in [7, 11) is 0. The van der Waals surface area contributed by atoms with E-state index in [0.29, 0.717) is 23.4 Å². The van der Waals surface area contributed by atoms with Crippen molar-refractivity contribution in [1.29, 1.82) is 0 Å². The third-order valence-electron chi connectivity index (χ3n) is 3.83. The molecule has 7 nitrogen and oxygen atoms in total. The Hall–Kier alpha value is -2.67. The molecule has 1 unspecified atom stereocenters. The molecule has 0 bridgehead atoms. The first-order valence-corrected chi connectivity index (χ1v) is 7.96. The first-order valence-electron chi connectivity index (χ1n) is 7.96. The zero-order valence-electron chi connectivity index (χ0n) is 13.6. The fraction of sp³-hybridized carbons (Fsp3) is 0.353. The van der Waals surface area contributed by atoms with Gasteiger partial charge in [0.2, 0.25) is 0 Å². The molecule has 1 aromatic heterocycles. The fourth-order valence-electron chi connectivity index (χ4n) is 2.62. The first-order chi connectivity index (χ1) is 11.5. The first kappa shape index (κ1) is 17.7.